The van der Waals surface area contributed by atoms with Gasteiger partial charge in [0.1, 0.15) is 17.1 Å². The number of carbonyl (C=O) groups excluding carboxylic acids is 1. The largest absolute Gasteiger partial charge is 0.491 e. The zero-order valence-electron chi connectivity index (χ0n) is 17.6. The Labute approximate surface area is 179 Å². The van der Waals surface area contributed by atoms with Crippen molar-refractivity contribution in [2.24, 2.45) is 0 Å². The highest BCUT2D eigenvalue weighted by Gasteiger charge is 2.42. The van der Waals surface area contributed by atoms with E-state index >= 15 is 0 Å². The summed E-state index contributed by atoms with van der Waals surface area (Å²) >= 11 is 0. The molecule has 0 atom stereocenters. The van der Waals surface area contributed by atoms with Gasteiger partial charge < -0.3 is 14.6 Å². The molecule has 2 aromatic heterocycles. The second kappa shape index (κ2) is 7.84. The van der Waals surface area contributed by atoms with Crippen LogP contribution in [0.5, 0.6) is 5.75 Å². The summed E-state index contributed by atoms with van der Waals surface area (Å²) in [6.45, 7) is 6.99. The molecule has 1 fully saturated rings. The van der Waals surface area contributed by atoms with Gasteiger partial charge in [-0.2, -0.15) is 27.9 Å². The molecule has 3 heterocycles. The fourth-order valence-electron chi connectivity index (χ4n) is 3.74. The Morgan fingerprint density at radius 2 is 1.97 bits per heavy atom. The molecule has 1 aromatic carbocycles. The molecule has 0 radical (unpaired) electrons. The van der Waals surface area contributed by atoms with Gasteiger partial charge in [0.05, 0.1) is 11.1 Å². The van der Waals surface area contributed by atoms with Crippen LogP contribution in [0, 0.1) is 5.82 Å². The molecule has 1 saturated heterocycles. The minimum Gasteiger partial charge on any atom is -0.419 e. The van der Waals surface area contributed by atoms with Crippen molar-refractivity contribution in [3.8, 4) is 11.7 Å². The topological polar surface area (TPSA) is 95.1 Å². The van der Waals surface area contributed by atoms with Crippen LogP contribution in [0.3, 0.4) is 0 Å². The minimum atomic E-state index is -5.21. The van der Waals surface area contributed by atoms with E-state index in [2.05, 4.69) is 25.3 Å². The number of alkyl halides is 3. The number of esters is 1. The van der Waals surface area contributed by atoms with Gasteiger partial charge in [-0.1, -0.05) is 20.8 Å². The van der Waals surface area contributed by atoms with Crippen LogP contribution < -0.4 is 10.1 Å². The molecular formula is C20H21F4N5O3. The van der Waals surface area contributed by atoms with Crippen LogP contribution in [-0.4, -0.2) is 45.2 Å². The van der Waals surface area contributed by atoms with Gasteiger partial charge in [-0.15, -0.1) is 0 Å². The van der Waals surface area contributed by atoms with Gasteiger partial charge in [-0.05, 0) is 49.1 Å². The molecule has 1 aliphatic rings. The Hall–Kier alpha value is -3.02. The van der Waals surface area contributed by atoms with E-state index in [0.717, 1.165) is 42.7 Å². The third kappa shape index (κ3) is 3.83. The van der Waals surface area contributed by atoms with Crippen molar-refractivity contribution >= 4 is 16.9 Å². The van der Waals surface area contributed by atoms with E-state index in [-0.39, 0.29) is 33.9 Å². The Morgan fingerprint density at radius 3 is 2.59 bits per heavy atom. The highest BCUT2D eigenvalue weighted by molar-refractivity contribution is 5.92. The predicted octanol–water partition coefficient (Wildman–Crippen LogP) is 3.78. The van der Waals surface area contributed by atoms with Crippen LogP contribution in [0.4, 0.5) is 17.6 Å². The molecule has 1 N–H and O–H groups in total. The molecule has 32 heavy (non-hydrogen) atoms. The number of fused-ring (bicyclic) bond motifs is 1. The number of nitrogens with one attached hydrogen (secondary N) is 1. The van der Waals surface area contributed by atoms with Crippen molar-refractivity contribution in [3.63, 3.8) is 0 Å². The van der Waals surface area contributed by atoms with Crippen LogP contribution >= 0.6 is 0 Å². The summed E-state index contributed by atoms with van der Waals surface area (Å²) in [5, 5.41) is 11.5. The summed E-state index contributed by atoms with van der Waals surface area (Å²) in [6.07, 6.45) is -3.68. The lowest BCUT2D eigenvalue weighted by atomic mass is 9.81. The van der Waals surface area contributed by atoms with E-state index in [1.54, 1.807) is 13.8 Å². The molecule has 0 amide bonds. The molecule has 8 nitrogen and oxygen atoms in total. The third-order valence-corrected chi connectivity index (χ3v) is 5.58. The summed E-state index contributed by atoms with van der Waals surface area (Å²) < 4.78 is 64.2. The fraction of sp³-hybridized carbons (Fsp3) is 0.500. The van der Waals surface area contributed by atoms with Crippen LogP contribution in [0.1, 0.15) is 51.1 Å². The number of nitrogens with zero attached hydrogens (tertiary/aromatic N) is 4. The molecule has 0 bridgehead atoms. The lowest BCUT2D eigenvalue weighted by Gasteiger charge is -2.29. The summed E-state index contributed by atoms with van der Waals surface area (Å²) in [6, 6.07) is 1.87. The summed E-state index contributed by atoms with van der Waals surface area (Å²) in [7, 11) is 0. The number of ether oxygens (including phenoxy) is 1. The summed E-state index contributed by atoms with van der Waals surface area (Å²) in [4.78, 5) is 15.8. The second-order valence-electron chi connectivity index (χ2n) is 8.32. The zero-order valence-corrected chi connectivity index (χ0v) is 17.6. The van der Waals surface area contributed by atoms with Crippen molar-refractivity contribution in [1.82, 2.24) is 25.2 Å². The van der Waals surface area contributed by atoms with Gasteiger partial charge in [0.2, 0.25) is 5.89 Å². The Kier molecular flexibility index (Phi) is 5.43. The normalized spacial score (nSPS) is 16.6. The van der Waals surface area contributed by atoms with Crippen LogP contribution in [0.25, 0.3) is 16.9 Å². The smallest absolute Gasteiger partial charge is 0.419 e. The highest BCUT2D eigenvalue weighted by atomic mass is 19.4. The average Bonchev–Trinajstić information content (AvgIpc) is 3.36. The zero-order chi connectivity index (χ0) is 23.3. The molecule has 0 saturated carbocycles. The van der Waals surface area contributed by atoms with E-state index < -0.39 is 23.7 Å². The number of carbonyl (C=O) groups is 1. The molecule has 4 rings (SSSR count). The van der Waals surface area contributed by atoms with E-state index in [0.29, 0.717) is 5.89 Å². The van der Waals surface area contributed by atoms with Gasteiger partial charge in [0.25, 0.3) is 5.95 Å². The molecule has 0 aliphatic carbocycles. The summed E-state index contributed by atoms with van der Waals surface area (Å²) in [5.74, 6) is -3.68. The van der Waals surface area contributed by atoms with E-state index in [1.807, 2.05) is 6.92 Å². The van der Waals surface area contributed by atoms with Gasteiger partial charge in [0, 0.05) is 5.41 Å². The number of hydrogen-bond acceptors (Lipinski definition) is 7. The summed E-state index contributed by atoms with van der Waals surface area (Å²) in [5.41, 5.74) is -0.348. The molecule has 1 aliphatic heterocycles. The monoisotopic (exact) mass is 455 g/mol. The minimum absolute atomic E-state index is 0.0583. The first-order valence-corrected chi connectivity index (χ1v) is 10.1. The maximum Gasteiger partial charge on any atom is 0.491 e. The van der Waals surface area contributed by atoms with Gasteiger partial charge in [0.15, 0.2) is 0 Å². The maximum absolute atomic E-state index is 14.9. The highest BCUT2D eigenvalue weighted by Crippen LogP contribution is 2.37. The van der Waals surface area contributed by atoms with Crippen LogP contribution in [0.15, 0.2) is 16.7 Å². The Morgan fingerprint density at radius 1 is 1.28 bits per heavy atom. The van der Waals surface area contributed by atoms with Gasteiger partial charge >= 0.3 is 12.1 Å². The Bertz CT molecular complexity index is 1160. The predicted molar refractivity (Wildman–Crippen MR) is 104 cm³/mol. The lowest BCUT2D eigenvalue weighted by molar-refractivity contribution is -0.189. The van der Waals surface area contributed by atoms with E-state index in [9.17, 15) is 22.4 Å². The number of piperidine rings is 1. The molecule has 0 spiro atoms. The van der Waals surface area contributed by atoms with E-state index in [1.165, 1.54) is 0 Å². The Balaban J connectivity index is 1.85. The van der Waals surface area contributed by atoms with Crippen molar-refractivity contribution in [2.45, 2.75) is 51.1 Å². The first-order chi connectivity index (χ1) is 15.0. The lowest BCUT2D eigenvalue weighted by Crippen LogP contribution is -2.37. The molecule has 3 aromatic rings. The van der Waals surface area contributed by atoms with E-state index in [4.69, 9.17) is 4.52 Å². The first kappa shape index (κ1) is 22.2. The van der Waals surface area contributed by atoms with Gasteiger partial charge in [-0.3, -0.25) is 0 Å². The molecule has 0 unspecified atom stereocenters. The van der Waals surface area contributed by atoms with Crippen molar-refractivity contribution in [2.75, 3.05) is 13.1 Å². The van der Waals surface area contributed by atoms with Gasteiger partial charge in [-0.25, -0.2) is 9.18 Å². The second-order valence-corrected chi connectivity index (χ2v) is 8.32. The van der Waals surface area contributed by atoms with Crippen molar-refractivity contribution < 1.29 is 31.6 Å². The first-order valence-electron chi connectivity index (χ1n) is 10.1. The number of hydrogen-bond donors (Lipinski definition) is 1. The number of aromatic nitrogens is 4. The SMILES string of the molecule is CC(C)c1nn(-c2noc(C3(C)CCNCC3)n2)c2c(F)ccc(OC(=O)C(F)(F)F)c12. The fourth-order valence-corrected chi connectivity index (χ4v) is 3.74. The quantitative estimate of drug-likeness (QED) is 0.363. The van der Waals surface area contributed by atoms with Crippen molar-refractivity contribution in [1.29, 1.82) is 0 Å². The third-order valence-electron chi connectivity index (χ3n) is 5.58. The maximum atomic E-state index is 14.9. The average molecular weight is 455 g/mol. The number of halogens is 4. The number of benzene rings is 1. The molecular weight excluding hydrogens is 434 g/mol. The van der Waals surface area contributed by atoms with Crippen molar-refractivity contribution in [3.05, 3.63) is 29.5 Å². The standard InChI is InChI=1S/C20H21F4N5O3/c1-10(2)14-13-12(31-17(30)20(22,23)24)5-4-11(21)15(13)29(27-14)18-26-16(32-28-18)19(3)6-8-25-9-7-19/h4-5,10,25H,6-9H2,1-3H3. The van der Waals surface area contributed by atoms with Crippen LogP contribution in [-0.2, 0) is 10.2 Å². The molecule has 12 heteroatoms. The van der Waals surface area contributed by atoms with Crippen LogP contribution in [0.2, 0.25) is 0 Å². The molecule has 172 valence electrons. The number of rotatable bonds is 4.